The molecule has 1 unspecified atom stereocenters. The Morgan fingerprint density at radius 2 is 2.19 bits per heavy atom. The number of pyridine rings is 1. The zero-order valence-electron chi connectivity index (χ0n) is 21.2. The number of aliphatic carboxylic acids is 1. The lowest BCUT2D eigenvalue weighted by Crippen LogP contribution is -2.71. The third-order valence-corrected chi connectivity index (χ3v) is 10.5. The van der Waals surface area contributed by atoms with Gasteiger partial charge in [0.2, 0.25) is 6.41 Å². The van der Waals surface area contributed by atoms with Crippen LogP contribution < -0.4 is 22.1 Å². The average molecular weight is 672 g/mol. The molecule has 1 fully saturated rings. The molecule has 0 bridgehead atoms. The Bertz CT molecular complexity index is 1490. The van der Waals surface area contributed by atoms with E-state index in [1.807, 2.05) is 0 Å². The second-order valence-corrected chi connectivity index (χ2v) is 13.2. The molecule has 1 saturated heterocycles. The number of nitrogen functional groups attached to an aromatic ring is 1. The number of halogens is 1. The zero-order valence-corrected chi connectivity index (χ0v) is 25.2. The van der Waals surface area contributed by atoms with E-state index in [4.69, 9.17) is 23.1 Å². The number of hydrogen-bond acceptors (Lipinski definition) is 14. The van der Waals surface area contributed by atoms with Crippen molar-refractivity contribution in [3.63, 3.8) is 0 Å². The molecule has 15 nitrogen and oxygen atoms in total. The summed E-state index contributed by atoms with van der Waals surface area (Å²) in [4.78, 5) is 63.4. The lowest BCUT2D eigenvalue weighted by Gasteiger charge is -2.49. The van der Waals surface area contributed by atoms with E-state index >= 15 is 0 Å². The second-order valence-electron chi connectivity index (χ2n) is 8.26. The number of nitrogens with zero attached hydrogens (tertiary/aromatic N) is 5. The molecule has 0 spiro atoms. The van der Waals surface area contributed by atoms with E-state index in [-0.39, 0.29) is 26.6 Å². The number of thioether (sulfide) groups is 3. The van der Waals surface area contributed by atoms with Gasteiger partial charge < -0.3 is 32.4 Å². The number of carboxylic acid groups (broad SMARTS) is 1. The summed E-state index contributed by atoms with van der Waals surface area (Å²) in [6.45, 7) is 0. The van der Waals surface area contributed by atoms with Crippen molar-refractivity contribution in [1.82, 2.24) is 25.5 Å². The number of amides is 3. The predicted octanol–water partition coefficient (Wildman–Crippen LogP) is 0.733. The Hall–Kier alpha value is -3.52. The molecule has 20 heteroatoms. The van der Waals surface area contributed by atoms with Crippen LogP contribution in [0.2, 0.25) is 4.34 Å². The van der Waals surface area contributed by atoms with E-state index in [9.17, 15) is 29.5 Å². The highest BCUT2D eigenvalue weighted by atomic mass is 35.5. The minimum absolute atomic E-state index is 0.0252. The normalized spacial score (nSPS) is 19.3. The first-order valence-corrected chi connectivity index (χ1v) is 15.9. The van der Waals surface area contributed by atoms with Crippen LogP contribution in [0, 0.1) is 0 Å². The van der Waals surface area contributed by atoms with Gasteiger partial charge in [-0.2, -0.15) is 11.8 Å². The smallest absolute Gasteiger partial charge is 0.353 e. The summed E-state index contributed by atoms with van der Waals surface area (Å²) >= 11 is 10.9. The van der Waals surface area contributed by atoms with Crippen molar-refractivity contribution in [2.45, 2.75) is 28.2 Å². The number of nitrogens with one attached hydrogen (secondary N) is 2. The van der Waals surface area contributed by atoms with Crippen molar-refractivity contribution < 1.29 is 29.5 Å². The molecule has 222 valence electrons. The van der Waals surface area contributed by atoms with Gasteiger partial charge in [-0.3, -0.25) is 29.3 Å². The van der Waals surface area contributed by atoms with Gasteiger partial charge in [0.05, 0.1) is 6.34 Å². The standard InChI is InChI=1S/C22H22ClN9O6S4/c23-17-13(30-22(25)42-17)14(31-38)18(34)29-15-19(35)32-16(21(36)37)11(5-40-20(15)32)41-10-1-2-26-3-9(10)4-39-6-12(27-7-24)28-8-33/h1-3,7-8,12,15,20,38H,4-6H2,(H2,24,27)(H2,25,30)(H,28,33)(H,29,34)(H,36,37)/b31-14-/t12?,15-,20+/m1/s1. The fraction of sp³-hybridized carbons (Fsp3) is 0.273. The Morgan fingerprint density at radius 1 is 1.40 bits per heavy atom. The number of aliphatic imine (C=N–C) groups is 1. The lowest BCUT2D eigenvalue weighted by atomic mass is 10.0. The van der Waals surface area contributed by atoms with E-state index in [2.05, 4.69) is 30.7 Å². The third-order valence-electron chi connectivity index (χ3n) is 5.72. The van der Waals surface area contributed by atoms with Gasteiger partial charge >= 0.3 is 5.97 Å². The molecule has 0 aliphatic carbocycles. The van der Waals surface area contributed by atoms with Gasteiger partial charge in [0.1, 0.15) is 33.3 Å². The maximum atomic E-state index is 13.1. The molecular weight excluding hydrogens is 650 g/mol. The topological polar surface area (TPSA) is 239 Å². The van der Waals surface area contributed by atoms with Crippen LogP contribution in [0.1, 0.15) is 11.3 Å². The van der Waals surface area contributed by atoms with Gasteiger partial charge in [0, 0.05) is 39.5 Å². The molecule has 0 aromatic carbocycles. The van der Waals surface area contributed by atoms with Crippen molar-refractivity contribution >= 4 is 99.6 Å². The molecular formula is C22H22ClN9O6S4. The number of rotatable bonds is 13. The lowest BCUT2D eigenvalue weighted by molar-refractivity contribution is -0.150. The highest BCUT2D eigenvalue weighted by Crippen LogP contribution is 2.46. The second kappa shape index (κ2) is 14.1. The quantitative estimate of drug-likeness (QED) is 0.0430. The molecule has 2 aromatic heterocycles. The zero-order chi connectivity index (χ0) is 30.4. The fourth-order valence-electron chi connectivity index (χ4n) is 3.89. The summed E-state index contributed by atoms with van der Waals surface area (Å²) in [5, 5.41) is 26.8. The Labute approximate surface area is 259 Å². The van der Waals surface area contributed by atoms with Gasteiger partial charge in [-0.15, -0.1) is 11.8 Å². The van der Waals surface area contributed by atoms with Crippen molar-refractivity contribution in [2.75, 3.05) is 17.2 Å². The van der Waals surface area contributed by atoms with Crippen LogP contribution in [0.5, 0.6) is 0 Å². The summed E-state index contributed by atoms with van der Waals surface area (Å²) in [5.74, 6) is -1.70. The first-order chi connectivity index (χ1) is 20.2. The summed E-state index contributed by atoms with van der Waals surface area (Å²) in [5.41, 5.74) is 10.9. The fourth-order valence-corrected chi connectivity index (χ4v) is 8.45. The first kappa shape index (κ1) is 31.4. The molecule has 42 heavy (non-hydrogen) atoms. The number of β-lactam (4-membered cyclic amide) rings is 1. The van der Waals surface area contributed by atoms with Gasteiger partial charge in [-0.25, -0.2) is 9.78 Å². The van der Waals surface area contributed by atoms with Crippen molar-refractivity contribution in [1.29, 1.82) is 0 Å². The monoisotopic (exact) mass is 671 g/mol. The van der Waals surface area contributed by atoms with Crippen LogP contribution in [0.15, 0.2) is 44.1 Å². The molecule has 8 N–H and O–H groups in total. The first-order valence-electron chi connectivity index (χ1n) is 11.7. The molecule has 2 aliphatic rings. The average Bonchev–Trinajstić information content (AvgIpc) is 3.29. The number of hydrogen-bond donors (Lipinski definition) is 6. The maximum absolute atomic E-state index is 13.1. The van der Waals surface area contributed by atoms with Gasteiger partial charge in [0.25, 0.3) is 11.8 Å². The van der Waals surface area contributed by atoms with E-state index in [0.29, 0.717) is 22.8 Å². The largest absolute Gasteiger partial charge is 0.477 e. The molecule has 0 radical (unpaired) electrons. The summed E-state index contributed by atoms with van der Waals surface area (Å²) < 4.78 is 0.0252. The number of carbonyl (C=O) groups is 4. The highest BCUT2D eigenvalue weighted by Gasteiger charge is 2.54. The van der Waals surface area contributed by atoms with Crippen LogP contribution in [0.3, 0.4) is 0 Å². The summed E-state index contributed by atoms with van der Waals surface area (Å²) in [6.07, 6.45) is 4.39. The molecule has 3 atom stereocenters. The van der Waals surface area contributed by atoms with Crippen molar-refractivity contribution in [3.05, 3.63) is 44.7 Å². The van der Waals surface area contributed by atoms with Gasteiger partial charge in [-0.1, -0.05) is 39.9 Å². The minimum atomic E-state index is -1.30. The summed E-state index contributed by atoms with van der Waals surface area (Å²) in [7, 11) is 0. The van der Waals surface area contributed by atoms with E-state index in [1.54, 1.807) is 18.5 Å². The van der Waals surface area contributed by atoms with Crippen LogP contribution in [-0.4, -0.2) is 90.5 Å². The van der Waals surface area contributed by atoms with Crippen LogP contribution >= 0.6 is 58.2 Å². The Balaban J connectivity index is 1.48. The molecule has 4 heterocycles. The van der Waals surface area contributed by atoms with Crippen LogP contribution in [0.25, 0.3) is 0 Å². The molecule has 0 saturated carbocycles. The number of nitrogens with two attached hydrogens (primary N) is 2. The maximum Gasteiger partial charge on any atom is 0.353 e. The third kappa shape index (κ3) is 6.75. The van der Waals surface area contributed by atoms with E-state index in [1.165, 1.54) is 35.3 Å². The van der Waals surface area contributed by atoms with Gasteiger partial charge in [-0.05, 0) is 11.6 Å². The predicted molar refractivity (Wildman–Crippen MR) is 161 cm³/mol. The number of carboxylic acids is 1. The van der Waals surface area contributed by atoms with Crippen molar-refractivity contribution in [3.8, 4) is 0 Å². The molecule has 3 amide bonds. The number of oxime groups is 1. The van der Waals surface area contributed by atoms with E-state index < -0.39 is 41.1 Å². The Kier molecular flexibility index (Phi) is 10.5. The van der Waals surface area contributed by atoms with Crippen molar-refractivity contribution in [2.24, 2.45) is 15.9 Å². The number of fused-ring (bicyclic) bond motifs is 1. The Morgan fingerprint density at radius 3 is 2.83 bits per heavy atom. The van der Waals surface area contributed by atoms with Crippen LogP contribution in [-0.2, 0) is 24.9 Å². The molecule has 2 aliphatic heterocycles. The number of thiazole rings is 1. The molecule has 2 aromatic rings. The van der Waals surface area contributed by atoms with E-state index in [0.717, 1.165) is 33.0 Å². The SMILES string of the molecule is NC=NC(CSCc1cnccc1SC1=C(C(=O)O)N2C(=O)[C@@H](NC(=O)/C(=N\O)c3nc(N)sc3Cl)[C@@H]2SC1)NC=O. The number of anilines is 1. The highest BCUT2D eigenvalue weighted by molar-refractivity contribution is 8.06. The molecule has 4 rings (SSSR count). The summed E-state index contributed by atoms with van der Waals surface area (Å²) in [6, 6.07) is 0.669. The number of carbonyl (C=O) groups excluding carboxylic acids is 3. The number of aromatic nitrogens is 2. The van der Waals surface area contributed by atoms with Crippen LogP contribution in [0.4, 0.5) is 5.13 Å². The van der Waals surface area contributed by atoms with Gasteiger partial charge in [0.15, 0.2) is 10.8 Å². The minimum Gasteiger partial charge on any atom is -0.477 e.